The first-order valence-corrected chi connectivity index (χ1v) is 12.1. The van der Waals surface area contributed by atoms with Gasteiger partial charge < -0.3 is 4.98 Å². The molecule has 1 aliphatic rings. The highest BCUT2D eigenvalue weighted by molar-refractivity contribution is 5.87. The Morgan fingerprint density at radius 2 is 1.83 bits per heavy atom. The quantitative estimate of drug-likeness (QED) is 0.303. The summed E-state index contributed by atoms with van der Waals surface area (Å²) in [6.07, 6.45) is 3.37. The molecule has 0 radical (unpaired) electrons. The second-order valence-electron chi connectivity index (χ2n) is 10.3. The van der Waals surface area contributed by atoms with Crippen LogP contribution in [0.3, 0.4) is 0 Å². The van der Waals surface area contributed by atoms with E-state index < -0.39 is 5.41 Å². The minimum Gasteiger partial charge on any atom is -0.342 e. The molecule has 2 atom stereocenters. The maximum Gasteiger partial charge on any atom is 0.246 e. The van der Waals surface area contributed by atoms with E-state index in [1.54, 1.807) is 6.21 Å². The Bertz CT molecular complexity index is 1380. The number of aromatic nitrogens is 4. The summed E-state index contributed by atoms with van der Waals surface area (Å²) in [6.45, 7) is 10.3. The summed E-state index contributed by atoms with van der Waals surface area (Å²) in [5.74, 6) is 1.04. The SMILES string of the molecule is Cc1nn(-c2ccccc2)c(C)c1/C=N/NC(=O)C1(C)CCC(c2nc3ccccc3[nH]2)C1(C)C. The molecule has 0 bridgehead atoms. The molecule has 180 valence electrons. The molecule has 1 amide bonds. The summed E-state index contributed by atoms with van der Waals surface area (Å²) in [4.78, 5) is 21.8. The van der Waals surface area contributed by atoms with Crippen LogP contribution in [0.5, 0.6) is 0 Å². The third kappa shape index (κ3) is 3.75. The van der Waals surface area contributed by atoms with Gasteiger partial charge in [-0.25, -0.2) is 15.1 Å². The van der Waals surface area contributed by atoms with Crippen molar-refractivity contribution in [3.8, 4) is 5.69 Å². The second kappa shape index (κ2) is 8.48. The normalized spacial score (nSPS) is 21.7. The van der Waals surface area contributed by atoms with Gasteiger partial charge in [-0.3, -0.25) is 4.79 Å². The number of hydrogen-bond acceptors (Lipinski definition) is 4. The third-order valence-corrected chi connectivity index (χ3v) is 8.17. The monoisotopic (exact) mass is 468 g/mol. The number of imidazole rings is 1. The average Bonchev–Trinajstić information content (AvgIpc) is 3.47. The maximum absolute atomic E-state index is 13.4. The molecule has 0 aliphatic heterocycles. The van der Waals surface area contributed by atoms with E-state index in [2.05, 4.69) is 34.5 Å². The summed E-state index contributed by atoms with van der Waals surface area (Å²) in [6, 6.07) is 18.1. The number of para-hydroxylation sites is 3. The largest absolute Gasteiger partial charge is 0.342 e. The van der Waals surface area contributed by atoms with Crippen molar-refractivity contribution in [2.45, 2.75) is 53.4 Å². The Morgan fingerprint density at radius 1 is 1.11 bits per heavy atom. The number of rotatable bonds is 5. The summed E-state index contributed by atoms with van der Waals surface area (Å²) in [5, 5.41) is 9.01. The van der Waals surface area contributed by atoms with Crippen molar-refractivity contribution in [2.75, 3.05) is 0 Å². The van der Waals surface area contributed by atoms with Gasteiger partial charge in [0.1, 0.15) is 5.82 Å². The first kappa shape index (κ1) is 23.0. The lowest BCUT2D eigenvalue weighted by molar-refractivity contribution is -0.135. The van der Waals surface area contributed by atoms with Crippen LogP contribution in [0.1, 0.15) is 62.3 Å². The number of H-pyrrole nitrogens is 1. The lowest BCUT2D eigenvalue weighted by Crippen LogP contribution is -2.45. The van der Waals surface area contributed by atoms with E-state index >= 15 is 0 Å². The van der Waals surface area contributed by atoms with Gasteiger partial charge in [0.15, 0.2) is 0 Å². The molecule has 4 aromatic rings. The zero-order valence-electron chi connectivity index (χ0n) is 21.0. The Balaban J connectivity index is 1.34. The van der Waals surface area contributed by atoms with E-state index in [1.165, 1.54) is 0 Å². The molecule has 0 spiro atoms. The highest BCUT2D eigenvalue weighted by Gasteiger charge is 2.57. The summed E-state index contributed by atoms with van der Waals surface area (Å²) >= 11 is 0. The molecule has 5 rings (SSSR count). The van der Waals surface area contributed by atoms with Crippen LogP contribution in [-0.2, 0) is 4.79 Å². The number of carbonyl (C=O) groups excluding carboxylic acids is 1. The second-order valence-corrected chi connectivity index (χ2v) is 10.3. The highest BCUT2D eigenvalue weighted by Crippen LogP contribution is 2.59. The first-order valence-electron chi connectivity index (χ1n) is 12.1. The molecule has 0 saturated heterocycles. The van der Waals surface area contributed by atoms with Gasteiger partial charge in [-0.15, -0.1) is 0 Å². The van der Waals surface area contributed by atoms with Crippen molar-refractivity contribution < 1.29 is 4.79 Å². The van der Waals surface area contributed by atoms with E-state index in [9.17, 15) is 4.79 Å². The third-order valence-electron chi connectivity index (χ3n) is 8.17. The molecular weight excluding hydrogens is 436 g/mol. The topological polar surface area (TPSA) is 88.0 Å². The number of hydrogen-bond donors (Lipinski definition) is 2. The number of amides is 1. The Kier molecular flexibility index (Phi) is 5.58. The van der Waals surface area contributed by atoms with Crippen molar-refractivity contribution in [3.05, 3.63) is 77.4 Å². The number of aromatic amines is 1. The van der Waals surface area contributed by atoms with Crippen LogP contribution in [0.4, 0.5) is 0 Å². The lowest BCUT2D eigenvalue weighted by Gasteiger charge is -2.39. The molecule has 1 saturated carbocycles. The zero-order valence-corrected chi connectivity index (χ0v) is 21.0. The molecule has 7 nitrogen and oxygen atoms in total. The van der Waals surface area contributed by atoms with Gasteiger partial charge in [-0.1, -0.05) is 51.1 Å². The number of fused-ring (bicyclic) bond motifs is 1. The fraction of sp³-hybridized carbons (Fsp3) is 0.357. The van der Waals surface area contributed by atoms with Crippen LogP contribution in [0.2, 0.25) is 0 Å². The van der Waals surface area contributed by atoms with Gasteiger partial charge in [0.05, 0.1) is 39.7 Å². The summed E-state index contributed by atoms with van der Waals surface area (Å²) in [5.41, 5.74) is 7.69. The highest BCUT2D eigenvalue weighted by atomic mass is 16.2. The van der Waals surface area contributed by atoms with Crippen molar-refractivity contribution in [1.29, 1.82) is 0 Å². The predicted octanol–water partition coefficient (Wildman–Crippen LogP) is 5.43. The molecule has 2 heterocycles. The van der Waals surface area contributed by atoms with Gasteiger partial charge in [0.25, 0.3) is 0 Å². The predicted molar refractivity (Wildman–Crippen MR) is 139 cm³/mol. The van der Waals surface area contributed by atoms with Gasteiger partial charge >= 0.3 is 0 Å². The van der Waals surface area contributed by atoms with Crippen molar-refractivity contribution in [1.82, 2.24) is 25.2 Å². The molecule has 2 unspecified atom stereocenters. The Morgan fingerprint density at radius 3 is 2.57 bits per heavy atom. The van der Waals surface area contributed by atoms with Crippen molar-refractivity contribution in [3.63, 3.8) is 0 Å². The van der Waals surface area contributed by atoms with Crippen LogP contribution in [-0.4, -0.2) is 31.9 Å². The molecule has 2 aromatic heterocycles. The average molecular weight is 469 g/mol. The number of aryl methyl sites for hydroxylation is 1. The Hall–Kier alpha value is -3.74. The van der Waals surface area contributed by atoms with Crippen LogP contribution in [0.25, 0.3) is 16.7 Å². The van der Waals surface area contributed by atoms with Crippen molar-refractivity contribution >= 4 is 23.2 Å². The number of nitrogens with one attached hydrogen (secondary N) is 2. The van der Waals surface area contributed by atoms with E-state index in [4.69, 9.17) is 4.98 Å². The van der Waals surface area contributed by atoms with Gasteiger partial charge in [0, 0.05) is 11.5 Å². The maximum atomic E-state index is 13.4. The zero-order chi connectivity index (χ0) is 24.8. The Labute approximate surface area is 205 Å². The molecule has 2 aromatic carbocycles. The van der Waals surface area contributed by atoms with Crippen molar-refractivity contribution in [2.24, 2.45) is 15.9 Å². The van der Waals surface area contributed by atoms with Crippen LogP contribution in [0, 0.1) is 24.7 Å². The molecule has 7 heteroatoms. The van der Waals surface area contributed by atoms with E-state index in [1.807, 2.05) is 80.1 Å². The summed E-state index contributed by atoms with van der Waals surface area (Å²) in [7, 11) is 0. The van der Waals surface area contributed by atoms with E-state index in [-0.39, 0.29) is 17.2 Å². The lowest BCUT2D eigenvalue weighted by atomic mass is 9.65. The fourth-order valence-corrected chi connectivity index (χ4v) is 5.46. The van der Waals surface area contributed by atoms with E-state index in [0.717, 1.165) is 52.3 Å². The number of nitrogens with zero attached hydrogens (tertiary/aromatic N) is 4. The number of carbonyl (C=O) groups is 1. The molecular formula is C28H32N6O. The molecule has 1 aliphatic carbocycles. The molecule has 1 fully saturated rings. The van der Waals surface area contributed by atoms with Crippen LogP contribution in [0.15, 0.2) is 59.7 Å². The first-order chi connectivity index (χ1) is 16.7. The van der Waals surface area contributed by atoms with Gasteiger partial charge in [0.2, 0.25) is 5.91 Å². The smallest absolute Gasteiger partial charge is 0.246 e. The molecule has 2 N–H and O–H groups in total. The fourth-order valence-electron chi connectivity index (χ4n) is 5.46. The number of benzene rings is 2. The van der Waals surface area contributed by atoms with Crippen LogP contribution < -0.4 is 5.43 Å². The van der Waals surface area contributed by atoms with Crippen LogP contribution >= 0.6 is 0 Å². The minimum absolute atomic E-state index is 0.0666. The van der Waals surface area contributed by atoms with Gasteiger partial charge in [-0.05, 0) is 56.4 Å². The standard InChI is InChI=1S/C28H32N6O/c1-18-21(19(2)34(33-18)20-11-7-6-8-12-20)17-29-32-26(35)28(5)16-15-22(27(28,3)4)25-30-23-13-9-10-14-24(23)31-25/h6-14,17,22H,15-16H2,1-5H3,(H,30,31)(H,32,35)/b29-17+. The van der Waals surface area contributed by atoms with Gasteiger partial charge in [-0.2, -0.15) is 10.2 Å². The minimum atomic E-state index is -0.577. The molecule has 35 heavy (non-hydrogen) atoms. The van der Waals surface area contributed by atoms with E-state index in [0.29, 0.717) is 0 Å². The number of hydrazone groups is 1. The summed E-state index contributed by atoms with van der Waals surface area (Å²) < 4.78 is 1.90.